The monoisotopic (exact) mass is 249 g/mol. The zero-order valence-corrected chi connectivity index (χ0v) is 11.6. The molecule has 1 atom stereocenters. The van der Waals surface area contributed by atoms with Crippen LogP contribution in [-0.4, -0.2) is 36.8 Å². The number of nitrogens with zero attached hydrogens (tertiary/aromatic N) is 1. The summed E-state index contributed by atoms with van der Waals surface area (Å²) in [7, 11) is 1.70. The van der Waals surface area contributed by atoms with E-state index in [0.717, 1.165) is 24.4 Å². The van der Waals surface area contributed by atoms with Crippen molar-refractivity contribution in [2.75, 3.05) is 26.8 Å². The van der Waals surface area contributed by atoms with Crippen LogP contribution >= 0.6 is 0 Å². The number of aryl methyl sites for hydroxylation is 2. The van der Waals surface area contributed by atoms with Crippen molar-refractivity contribution in [1.82, 2.24) is 4.90 Å². The van der Waals surface area contributed by atoms with Gasteiger partial charge in [-0.1, -0.05) is 6.07 Å². The second kappa shape index (κ2) is 5.72. The van der Waals surface area contributed by atoms with Gasteiger partial charge in [-0.2, -0.15) is 0 Å². The SMILES string of the molecule is COc1cc(C)c(C)cc1C(CO)N1CCCC1. The highest BCUT2D eigenvalue weighted by Gasteiger charge is 2.25. The van der Waals surface area contributed by atoms with Crippen molar-refractivity contribution >= 4 is 0 Å². The minimum absolute atomic E-state index is 0.0711. The Morgan fingerprint density at radius 1 is 1.22 bits per heavy atom. The van der Waals surface area contributed by atoms with E-state index < -0.39 is 0 Å². The number of hydrogen-bond donors (Lipinski definition) is 1. The largest absolute Gasteiger partial charge is 0.496 e. The molecule has 0 spiro atoms. The van der Waals surface area contributed by atoms with Crippen LogP contribution in [-0.2, 0) is 0 Å². The molecule has 1 aliphatic rings. The summed E-state index contributed by atoms with van der Waals surface area (Å²) in [5, 5.41) is 9.72. The van der Waals surface area contributed by atoms with Crippen LogP contribution in [0.5, 0.6) is 5.75 Å². The normalized spacial score (nSPS) is 18.0. The lowest BCUT2D eigenvalue weighted by atomic mass is 9.99. The van der Waals surface area contributed by atoms with Crippen LogP contribution in [0.4, 0.5) is 0 Å². The number of hydrogen-bond acceptors (Lipinski definition) is 3. The number of likely N-dealkylation sites (tertiary alicyclic amines) is 1. The summed E-state index contributed by atoms with van der Waals surface area (Å²) < 4.78 is 5.49. The van der Waals surface area contributed by atoms with Crippen molar-refractivity contribution in [1.29, 1.82) is 0 Å². The Hall–Kier alpha value is -1.06. The first-order chi connectivity index (χ1) is 8.67. The van der Waals surface area contributed by atoms with Crippen molar-refractivity contribution in [3.8, 4) is 5.75 Å². The average Bonchev–Trinajstić information content (AvgIpc) is 2.88. The second-order valence-electron chi connectivity index (χ2n) is 5.12. The van der Waals surface area contributed by atoms with Crippen LogP contribution in [0.25, 0.3) is 0 Å². The second-order valence-corrected chi connectivity index (χ2v) is 5.12. The summed E-state index contributed by atoms with van der Waals surface area (Å²) in [4.78, 5) is 2.35. The average molecular weight is 249 g/mol. The molecule has 1 unspecified atom stereocenters. The lowest BCUT2D eigenvalue weighted by Gasteiger charge is -2.28. The van der Waals surface area contributed by atoms with Gasteiger partial charge in [0.05, 0.1) is 19.8 Å². The summed E-state index contributed by atoms with van der Waals surface area (Å²) in [5.74, 6) is 0.893. The first-order valence-electron chi connectivity index (χ1n) is 6.67. The van der Waals surface area contributed by atoms with Gasteiger partial charge < -0.3 is 9.84 Å². The van der Waals surface area contributed by atoms with Crippen LogP contribution in [0.15, 0.2) is 12.1 Å². The van der Waals surface area contributed by atoms with E-state index in [2.05, 4.69) is 30.9 Å². The molecule has 0 amide bonds. The third kappa shape index (κ3) is 2.52. The van der Waals surface area contributed by atoms with Crippen molar-refractivity contribution in [2.45, 2.75) is 32.7 Å². The van der Waals surface area contributed by atoms with E-state index in [1.165, 1.54) is 24.0 Å². The van der Waals surface area contributed by atoms with Gasteiger partial charge in [-0.15, -0.1) is 0 Å². The molecule has 18 heavy (non-hydrogen) atoms. The minimum atomic E-state index is 0.0711. The summed E-state index contributed by atoms with van der Waals surface area (Å²) in [6.07, 6.45) is 2.45. The molecule has 1 heterocycles. The molecular formula is C15H23NO2. The fraction of sp³-hybridized carbons (Fsp3) is 0.600. The molecule has 1 aromatic carbocycles. The van der Waals surface area contributed by atoms with E-state index in [1.807, 2.05) is 0 Å². The highest BCUT2D eigenvalue weighted by atomic mass is 16.5. The molecule has 3 nitrogen and oxygen atoms in total. The van der Waals surface area contributed by atoms with Gasteiger partial charge in [0.15, 0.2) is 0 Å². The van der Waals surface area contributed by atoms with Crippen LogP contribution in [0.3, 0.4) is 0 Å². The molecule has 0 saturated carbocycles. The van der Waals surface area contributed by atoms with E-state index >= 15 is 0 Å². The molecule has 1 aliphatic heterocycles. The molecule has 0 bridgehead atoms. The maximum atomic E-state index is 9.72. The third-order valence-electron chi connectivity index (χ3n) is 3.96. The Kier molecular flexibility index (Phi) is 4.25. The van der Waals surface area contributed by atoms with Gasteiger partial charge in [-0.3, -0.25) is 4.90 Å². The summed E-state index contributed by atoms with van der Waals surface area (Å²) in [6, 6.07) is 4.30. The standard InChI is InChI=1S/C15H23NO2/c1-11-8-13(15(18-3)9-12(11)2)14(10-17)16-6-4-5-7-16/h8-9,14,17H,4-7,10H2,1-3H3. The van der Waals surface area contributed by atoms with E-state index in [-0.39, 0.29) is 12.6 Å². The Morgan fingerprint density at radius 3 is 2.39 bits per heavy atom. The molecule has 3 heteroatoms. The smallest absolute Gasteiger partial charge is 0.124 e. The van der Waals surface area contributed by atoms with Crippen molar-refractivity contribution in [3.63, 3.8) is 0 Å². The molecular weight excluding hydrogens is 226 g/mol. The van der Waals surface area contributed by atoms with Gasteiger partial charge in [-0.25, -0.2) is 0 Å². The van der Waals surface area contributed by atoms with Gasteiger partial charge in [-0.05, 0) is 57.0 Å². The number of aliphatic hydroxyl groups is 1. The minimum Gasteiger partial charge on any atom is -0.496 e. The Morgan fingerprint density at radius 2 is 1.83 bits per heavy atom. The van der Waals surface area contributed by atoms with Crippen LogP contribution < -0.4 is 4.74 Å². The third-order valence-corrected chi connectivity index (χ3v) is 3.96. The molecule has 1 aromatic rings. The quantitative estimate of drug-likeness (QED) is 0.889. The lowest BCUT2D eigenvalue weighted by molar-refractivity contribution is 0.144. The summed E-state index contributed by atoms with van der Waals surface area (Å²) in [6.45, 7) is 6.49. The van der Waals surface area contributed by atoms with Crippen LogP contribution in [0.1, 0.15) is 35.6 Å². The first-order valence-corrected chi connectivity index (χ1v) is 6.67. The Bertz CT molecular complexity index is 411. The molecule has 1 fully saturated rings. The molecule has 0 aromatic heterocycles. The highest BCUT2D eigenvalue weighted by molar-refractivity contribution is 5.43. The van der Waals surface area contributed by atoms with Crippen molar-refractivity contribution in [3.05, 3.63) is 28.8 Å². The molecule has 0 radical (unpaired) electrons. The van der Waals surface area contributed by atoms with Crippen molar-refractivity contribution in [2.24, 2.45) is 0 Å². The van der Waals surface area contributed by atoms with Gasteiger partial charge in [0.2, 0.25) is 0 Å². The van der Waals surface area contributed by atoms with E-state index in [0.29, 0.717) is 0 Å². The Balaban J connectivity index is 2.37. The zero-order valence-electron chi connectivity index (χ0n) is 11.6. The van der Waals surface area contributed by atoms with E-state index in [4.69, 9.17) is 4.74 Å². The highest BCUT2D eigenvalue weighted by Crippen LogP contribution is 2.33. The maximum absolute atomic E-state index is 9.72. The van der Waals surface area contributed by atoms with Crippen molar-refractivity contribution < 1.29 is 9.84 Å². The lowest BCUT2D eigenvalue weighted by Crippen LogP contribution is -2.28. The number of benzene rings is 1. The number of aliphatic hydroxyl groups excluding tert-OH is 1. The van der Waals surface area contributed by atoms with Gasteiger partial charge in [0.25, 0.3) is 0 Å². The predicted octanol–water partition coefficient (Wildman–Crippen LogP) is 2.44. The molecule has 2 rings (SSSR count). The molecule has 1 saturated heterocycles. The summed E-state index contributed by atoms with van der Waals surface area (Å²) >= 11 is 0. The van der Waals surface area contributed by atoms with E-state index in [1.54, 1.807) is 7.11 Å². The summed E-state index contributed by atoms with van der Waals surface area (Å²) in [5.41, 5.74) is 3.60. The van der Waals surface area contributed by atoms with Crippen LogP contribution in [0, 0.1) is 13.8 Å². The van der Waals surface area contributed by atoms with Gasteiger partial charge >= 0.3 is 0 Å². The molecule has 0 aliphatic carbocycles. The van der Waals surface area contributed by atoms with E-state index in [9.17, 15) is 5.11 Å². The maximum Gasteiger partial charge on any atom is 0.124 e. The fourth-order valence-corrected chi connectivity index (χ4v) is 2.71. The fourth-order valence-electron chi connectivity index (χ4n) is 2.71. The topological polar surface area (TPSA) is 32.7 Å². The molecule has 100 valence electrons. The number of ether oxygens (including phenoxy) is 1. The van der Waals surface area contributed by atoms with Gasteiger partial charge in [0, 0.05) is 5.56 Å². The number of methoxy groups -OCH3 is 1. The molecule has 1 N–H and O–H groups in total. The Labute approximate surface area is 109 Å². The predicted molar refractivity (Wildman–Crippen MR) is 73.1 cm³/mol. The number of rotatable bonds is 4. The van der Waals surface area contributed by atoms with Gasteiger partial charge in [0.1, 0.15) is 5.75 Å². The van der Waals surface area contributed by atoms with Crippen LogP contribution in [0.2, 0.25) is 0 Å². The zero-order chi connectivity index (χ0) is 13.1. The first kappa shape index (κ1) is 13.4.